The molecule has 1 unspecified atom stereocenters. The normalized spacial score (nSPS) is 16.6. The first kappa shape index (κ1) is 14.7. The van der Waals surface area contributed by atoms with Crippen molar-refractivity contribution in [1.29, 1.82) is 0 Å². The van der Waals surface area contributed by atoms with Gasteiger partial charge in [0.25, 0.3) is 0 Å². The Morgan fingerprint density at radius 3 is 2.96 bits per heavy atom. The third-order valence-corrected chi connectivity index (χ3v) is 4.24. The Hall–Kier alpha value is -2.83. The van der Waals surface area contributed by atoms with Crippen molar-refractivity contribution in [2.45, 2.75) is 38.8 Å². The predicted molar refractivity (Wildman–Crippen MR) is 90.4 cm³/mol. The minimum atomic E-state index is 0.295. The van der Waals surface area contributed by atoms with E-state index in [1.165, 1.54) is 0 Å². The zero-order valence-corrected chi connectivity index (χ0v) is 13.6. The zero-order chi connectivity index (χ0) is 16.4. The number of nitrogens with zero attached hydrogens (tertiary/aromatic N) is 6. The molecule has 24 heavy (non-hydrogen) atoms. The van der Waals surface area contributed by atoms with E-state index in [-0.39, 0.29) is 0 Å². The van der Waals surface area contributed by atoms with Gasteiger partial charge in [-0.15, -0.1) is 0 Å². The van der Waals surface area contributed by atoms with Gasteiger partial charge in [0.15, 0.2) is 5.82 Å². The SMILES string of the molecule is CCc1cc(NC2CCc3ncnn3C2)nc(-c2ccncc2)n1. The molecule has 3 aromatic rings. The van der Waals surface area contributed by atoms with Gasteiger partial charge in [0.05, 0.1) is 6.54 Å². The number of anilines is 1. The van der Waals surface area contributed by atoms with Gasteiger partial charge in [-0.2, -0.15) is 5.10 Å². The smallest absolute Gasteiger partial charge is 0.161 e. The highest BCUT2D eigenvalue weighted by Crippen LogP contribution is 2.20. The van der Waals surface area contributed by atoms with Crippen LogP contribution in [0.4, 0.5) is 5.82 Å². The molecule has 0 radical (unpaired) electrons. The average molecular weight is 321 g/mol. The zero-order valence-electron chi connectivity index (χ0n) is 13.6. The van der Waals surface area contributed by atoms with Crippen molar-refractivity contribution in [1.82, 2.24) is 29.7 Å². The monoisotopic (exact) mass is 321 g/mol. The lowest BCUT2D eigenvalue weighted by molar-refractivity contribution is 0.440. The minimum Gasteiger partial charge on any atom is -0.365 e. The van der Waals surface area contributed by atoms with Gasteiger partial charge in [0.1, 0.15) is 18.0 Å². The van der Waals surface area contributed by atoms with Crippen LogP contribution in [-0.4, -0.2) is 35.8 Å². The Bertz CT molecular complexity index is 828. The number of aromatic nitrogens is 6. The number of nitrogens with one attached hydrogen (secondary N) is 1. The third kappa shape index (κ3) is 2.97. The molecule has 3 aromatic heterocycles. The van der Waals surface area contributed by atoms with Crippen molar-refractivity contribution in [2.75, 3.05) is 5.32 Å². The van der Waals surface area contributed by atoms with E-state index in [0.29, 0.717) is 6.04 Å². The first-order valence-corrected chi connectivity index (χ1v) is 8.23. The van der Waals surface area contributed by atoms with Gasteiger partial charge in [-0.1, -0.05) is 6.92 Å². The Morgan fingerprint density at radius 1 is 1.25 bits per heavy atom. The van der Waals surface area contributed by atoms with E-state index in [1.807, 2.05) is 22.9 Å². The summed E-state index contributed by atoms with van der Waals surface area (Å²) in [5.41, 5.74) is 2.00. The molecule has 7 heteroatoms. The maximum Gasteiger partial charge on any atom is 0.161 e. The van der Waals surface area contributed by atoms with E-state index in [4.69, 9.17) is 4.98 Å². The van der Waals surface area contributed by atoms with Crippen LogP contribution in [0.2, 0.25) is 0 Å². The Balaban J connectivity index is 1.59. The molecule has 0 spiro atoms. The number of hydrogen-bond acceptors (Lipinski definition) is 6. The van der Waals surface area contributed by atoms with Crippen molar-refractivity contribution in [3.8, 4) is 11.4 Å². The third-order valence-electron chi connectivity index (χ3n) is 4.24. The summed E-state index contributed by atoms with van der Waals surface area (Å²) in [7, 11) is 0. The van der Waals surface area contributed by atoms with Crippen LogP contribution in [0.1, 0.15) is 24.9 Å². The molecule has 1 aliphatic heterocycles. The molecule has 1 aliphatic rings. The van der Waals surface area contributed by atoms with Crippen LogP contribution >= 0.6 is 0 Å². The Kier molecular flexibility index (Phi) is 3.90. The Morgan fingerprint density at radius 2 is 2.12 bits per heavy atom. The van der Waals surface area contributed by atoms with Gasteiger partial charge >= 0.3 is 0 Å². The van der Waals surface area contributed by atoms with Crippen molar-refractivity contribution >= 4 is 5.82 Å². The number of rotatable bonds is 4. The second-order valence-corrected chi connectivity index (χ2v) is 5.90. The molecule has 7 nitrogen and oxygen atoms in total. The minimum absolute atomic E-state index is 0.295. The van der Waals surface area contributed by atoms with Crippen LogP contribution in [0, 0.1) is 0 Å². The summed E-state index contributed by atoms with van der Waals surface area (Å²) in [5.74, 6) is 2.65. The standard InChI is InChI=1S/C17H19N7/c1-2-13-9-15(23-17(22-13)12-5-7-18-8-6-12)21-14-3-4-16-19-11-20-24(16)10-14/h5-9,11,14H,2-4,10H2,1H3,(H,21,22,23). The molecule has 0 aromatic carbocycles. The summed E-state index contributed by atoms with van der Waals surface area (Å²) in [6.07, 6.45) is 7.97. The number of hydrogen-bond donors (Lipinski definition) is 1. The quantitative estimate of drug-likeness (QED) is 0.792. The molecule has 4 rings (SSSR count). The van der Waals surface area contributed by atoms with Crippen molar-refractivity contribution in [3.63, 3.8) is 0 Å². The summed E-state index contributed by atoms with van der Waals surface area (Å²) < 4.78 is 1.97. The summed E-state index contributed by atoms with van der Waals surface area (Å²) in [6.45, 7) is 2.91. The highest BCUT2D eigenvalue weighted by molar-refractivity contribution is 5.57. The lowest BCUT2D eigenvalue weighted by Gasteiger charge is -2.24. The van der Waals surface area contributed by atoms with Crippen LogP contribution in [0.15, 0.2) is 36.9 Å². The molecule has 0 fully saturated rings. The maximum absolute atomic E-state index is 4.69. The van der Waals surface area contributed by atoms with Crippen LogP contribution in [0.3, 0.4) is 0 Å². The molecule has 0 saturated heterocycles. The van der Waals surface area contributed by atoms with Gasteiger partial charge in [0.2, 0.25) is 0 Å². The average Bonchev–Trinajstić information content (AvgIpc) is 3.10. The number of pyridine rings is 1. The van der Waals surface area contributed by atoms with E-state index in [2.05, 4.69) is 32.3 Å². The highest BCUT2D eigenvalue weighted by atomic mass is 15.3. The summed E-state index contributed by atoms with van der Waals surface area (Å²) in [4.78, 5) is 17.7. The molecule has 0 aliphatic carbocycles. The fraction of sp³-hybridized carbons (Fsp3) is 0.353. The second kappa shape index (κ2) is 6.35. The first-order valence-electron chi connectivity index (χ1n) is 8.23. The summed E-state index contributed by atoms with van der Waals surface area (Å²) >= 11 is 0. The van der Waals surface area contributed by atoms with Crippen molar-refractivity contribution in [2.24, 2.45) is 0 Å². The second-order valence-electron chi connectivity index (χ2n) is 5.90. The molecule has 122 valence electrons. The van der Waals surface area contributed by atoms with E-state index in [9.17, 15) is 0 Å². The van der Waals surface area contributed by atoms with Crippen LogP contribution in [0.5, 0.6) is 0 Å². The Labute approximate surface area is 140 Å². The highest BCUT2D eigenvalue weighted by Gasteiger charge is 2.20. The molecule has 1 atom stereocenters. The molecule has 0 amide bonds. The van der Waals surface area contributed by atoms with E-state index in [1.54, 1.807) is 18.7 Å². The van der Waals surface area contributed by atoms with Gasteiger partial charge in [-0.05, 0) is 25.0 Å². The lowest BCUT2D eigenvalue weighted by atomic mass is 10.1. The molecule has 0 bridgehead atoms. The van der Waals surface area contributed by atoms with Gasteiger partial charge in [0, 0.05) is 42.2 Å². The predicted octanol–water partition coefficient (Wildman–Crippen LogP) is 2.12. The number of fused-ring (bicyclic) bond motifs is 1. The van der Waals surface area contributed by atoms with E-state index < -0.39 is 0 Å². The molecule has 0 saturated carbocycles. The largest absolute Gasteiger partial charge is 0.365 e. The van der Waals surface area contributed by atoms with Crippen LogP contribution in [0.25, 0.3) is 11.4 Å². The maximum atomic E-state index is 4.69. The van der Waals surface area contributed by atoms with Gasteiger partial charge in [-0.3, -0.25) is 4.98 Å². The lowest BCUT2D eigenvalue weighted by Crippen LogP contribution is -2.32. The van der Waals surface area contributed by atoms with E-state index >= 15 is 0 Å². The van der Waals surface area contributed by atoms with Gasteiger partial charge < -0.3 is 5.32 Å². The topological polar surface area (TPSA) is 81.4 Å². The molecule has 4 heterocycles. The molecular formula is C17H19N7. The fourth-order valence-electron chi connectivity index (χ4n) is 2.95. The summed E-state index contributed by atoms with van der Waals surface area (Å²) in [6, 6.07) is 6.19. The first-order chi connectivity index (χ1) is 11.8. The fourth-order valence-corrected chi connectivity index (χ4v) is 2.95. The van der Waals surface area contributed by atoms with Crippen molar-refractivity contribution < 1.29 is 0 Å². The van der Waals surface area contributed by atoms with Gasteiger partial charge in [-0.25, -0.2) is 19.6 Å². The molecular weight excluding hydrogens is 302 g/mol. The van der Waals surface area contributed by atoms with E-state index in [0.717, 1.165) is 54.5 Å². The summed E-state index contributed by atoms with van der Waals surface area (Å²) in [5, 5.41) is 7.81. The van der Waals surface area contributed by atoms with Crippen LogP contribution in [-0.2, 0) is 19.4 Å². The molecule has 1 N–H and O–H groups in total. The van der Waals surface area contributed by atoms with Crippen LogP contribution < -0.4 is 5.32 Å². The number of aryl methyl sites for hydroxylation is 2. The van der Waals surface area contributed by atoms with Crippen molar-refractivity contribution in [3.05, 3.63) is 48.4 Å².